The molecule has 5 heteroatoms. The maximum Gasteiger partial charge on any atom is 0.190 e. The van der Waals surface area contributed by atoms with Crippen molar-refractivity contribution in [2.24, 2.45) is 28.6 Å². The van der Waals surface area contributed by atoms with Crippen molar-refractivity contribution in [3.8, 4) is 0 Å². The lowest BCUT2D eigenvalue weighted by atomic mass is 9.61. The number of aliphatic hydroxyl groups excluding tert-OH is 3. The van der Waals surface area contributed by atoms with E-state index in [0.717, 1.165) is 36.8 Å². The summed E-state index contributed by atoms with van der Waals surface area (Å²) in [7, 11) is 0. The first-order valence-electron chi connectivity index (χ1n) is 14.4. The topological polar surface area (TPSA) is 90.7 Å². The van der Waals surface area contributed by atoms with E-state index in [1.54, 1.807) is 18.3 Å². The number of ketones is 1. The number of rotatable bonds is 7. The highest BCUT2D eigenvalue weighted by Crippen LogP contribution is 2.60. The Morgan fingerprint density at radius 2 is 1.95 bits per heavy atom. The van der Waals surface area contributed by atoms with Gasteiger partial charge in [0.2, 0.25) is 0 Å². The van der Waals surface area contributed by atoms with Crippen LogP contribution in [0.3, 0.4) is 0 Å². The summed E-state index contributed by atoms with van der Waals surface area (Å²) >= 11 is 0. The Bertz CT molecular complexity index is 1150. The van der Waals surface area contributed by atoms with E-state index in [4.69, 9.17) is 0 Å². The number of allylic oxidation sites excluding steroid dienone is 4. The molecular formula is C33H43NO4. The standard InChI is InChI=1S/C33H43NO4/c1-21(9-14-30(37)33(16-17-33)31(38)28-8-4-5-18-34-28)26-12-13-27-23(7-6-15-32(26,27)3)10-11-24-19-25(35)20-29(36)22(24)2/h4-5,8-11,14,18,21,25-27,29-30,35-37H,2,6-7,12-13,15-17,19-20H2,1,3H3/b14-9+,23-10+,24-11-/t21-,25-,26-,27+,29+,30+,32-/m1/s1. The first-order chi connectivity index (χ1) is 18.2. The average Bonchev–Trinajstić information content (AvgIpc) is 3.64. The van der Waals surface area contributed by atoms with E-state index in [1.807, 2.05) is 12.1 Å². The number of carbonyl (C=O) groups excluding carboxylic acids is 1. The van der Waals surface area contributed by atoms with Gasteiger partial charge in [-0.25, -0.2) is 0 Å². The fraction of sp³-hybridized carbons (Fsp3) is 0.576. The van der Waals surface area contributed by atoms with Crippen LogP contribution in [-0.4, -0.2) is 44.4 Å². The molecular weight excluding hydrogens is 474 g/mol. The van der Waals surface area contributed by atoms with Crippen LogP contribution in [0.5, 0.6) is 0 Å². The molecule has 0 aliphatic heterocycles. The predicted molar refractivity (Wildman–Crippen MR) is 149 cm³/mol. The first-order valence-corrected chi connectivity index (χ1v) is 14.4. The number of aromatic nitrogens is 1. The lowest BCUT2D eigenvalue weighted by Gasteiger charge is -2.44. The van der Waals surface area contributed by atoms with Crippen LogP contribution in [0.1, 0.15) is 82.1 Å². The first kappa shape index (κ1) is 27.2. The van der Waals surface area contributed by atoms with E-state index in [2.05, 4.69) is 43.6 Å². The number of carbonyl (C=O) groups is 1. The molecule has 0 radical (unpaired) electrons. The Kier molecular flexibility index (Phi) is 7.65. The molecule has 5 nitrogen and oxygen atoms in total. The van der Waals surface area contributed by atoms with Gasteiger partial charge in [0.1, 0.15) is 5.69 Å². The normalized spacial score (nSPS) is 36.4. The van der Waals surface area contributed by atoms with Crippen LogP contribution in [-0.2, 0) is 0 Å². The molecule has 0 bridgehead atoms. The van der Waals surface area contributed by atoms with Gasteiger partial charge in [-0.05, 0) is 97.8 Å². The van der Waals surface area contributed by atoms with Gasteiger partial charge in [0.15, 0.2) is 5.78 Å². The molecule has 4 aliphatic rings. The van der Waals surface area contributed by atoms with Crippen molar-refractivity contribution in [1.82, 2.24) is 4.98 Å². The van der Waals surface area contributed by atoms with Crippen molar-refractivity contribution >= 4 is 5.78 Å². The number of fused-ring (bicyclic) bond motifs is 1. The lowest BCUT2D eigenvalue weighted by molar-refractivity contribution is 0.0720. The highest BCUT2D eigenvalue weighted by Gasteiger charge is 2.55. The van der Waals surface area contributed by atoms with Crippen LogP contribution in [0.2, 0.25) is 0 Å². The van der Waals surface area contributed by atoms with Gasteiger partial charge in [-0.1, -0.05) is 56.4 Å². The fourth-order valence-corrected chi connectivity index (χ4v) is 7.75. The molecule has 0 aromatic carbocycles. The summed E-state index contributed by atoms with van der Waals surface area (Å²) in [6.45, 7) is 8.76. The third-order valence-corrected chi connectivity index (χ3v) is 10.2. The minimum Gasteiger partial charge on any atom is -0.393 e. The van der Waals surface area contributed by atoms with E-state index >= 15 is 0 Å². The third kappa shape index (κ3) is 5.01. The Morgan fingerprint density at radius 3 is 2.66 bits per heavy atom. The third-order valence-electron chi connectivity index (χ3n) is 10.2. The van der Waals surface area contributed by atoms with Gasteiger partial charge in [-0.15, -0.1) is 0 Å². The average molecular weight is 518 g/mol. The van der Waals surface area contributed by atoms with Gasteiger partial charge in [-0.3, -0.25) is 9.78 Å². The molecule has 4 aliphatic carbocycles. The zero-order chi connectivity index (χ0) is 27.1. The Balaban J connectivity index is 1.28. The summed E-state index contributed by atoms with van der Waals surface area (Å²) in [5.41, 5.74) is 3.10. The number of nitrogens with zero attached hydrogens (tertiary/aromatic N) is 1. The molecule has 1 heterocycles. The molecule has 0 unspecified atom stereocenters. The maximum absolute atomic E-state index is 13.1. The molecule has 1 aromatic rings. The zero-order valence-corrected chi connectivity index (χ0v) is 22.9. The van der Waals surface area contributed by atoms with Gasteiger partial charge in [0, 0.05) is 12.6 Å². The second-order valence-electron chi connectivity index (χ2n) is 12.6. The molecule has 1 aromatic heterocycles. The number of hydrogen-bond donors (Lipinski definition) is 3. The van der Waals surface area contributed by atoms with E-state index in [1.165, 1.54) is 12.0 Å². The largest absolute Gasteiger partial charge is 0.393 e. The van der Waals surface area contributed by atoms with E-state index in [9.17, 15) is 20.1 Å². The van der Waals surface area contributed by atoms with Crippen molar-refractivity contribution in [1.29, 1.82) is 0 Å². The van der Waals surface area contributed by atoms with Crippen LogP contribution in [0, 0.1) is 28.6 Å². The highest BCUT2D eigenvalue weighted by molar-refractivity contribution is 6.01. The smallest absolute Gasteiger partial charge is 0.190 e. The summed E-state index contributed by atoms with van der Waals surface area (Å²) in [6, 6.07) is 5.35. The van der Waals surface area contributed by atoms with Gasteiger partial charge < -0.3 is 15.3 Å². The zero-order valence-electron chi connectivity index (χ0n) is 22.9. The molecule has 0 saturated heterocycles. The van der Waals surface area contributed by atoms with E-state index in [-0.39, 0.29) is 11.2 Å². The fourth-order valence-electron chi connectivity index (χ4n) is 7.75. The molecule has 4 saturated carbocycles. The number of hydrogen-bond acceptors (Lipinski definition) is 5. The van der Waals surface area contributed by atoms with Crippen LogP contribution in [0.25, 0.3) is 0 Å². The Hall–Kier alpha value is -2.34. The molecule has 3 N–H and O–H groups in total. The number of Topliss-reactive ketones (excluding diaryl/α,β-unsaturated/α-hetero) is 1. The van der Waals surface area contributed by atoms with Gasteiger partial charge in [0.05, 0.1) is 23.7 Å². The van der Waals surface area contributed by atoms with Gasteiger partial charge in [-0.2, -0.15) is 0 Å². The van der Waals surface area contributed by atoms with E-state index in [0.29, 0.717) is 49.1 Å². The molecule has 38 heavy (non-hydrogen) atoms. The summed E-state index contributed by atoms with van der Waals surface area (Å²) in [5.74, 6) is 1.29. The van der Waals surface area contributed by atoms with Gasteiger partial charge in [0.25, 0.3) is 0 Å². The van der Waals surface area contributed by atoms with Crippen LogP contribution >= 0.6 is 0 Å². The minimum atomic E-state index is -0.785. The molecule has 7 atom stereocenters. The molecule has 204 valence electrons. The molecule has 4 fully saturated rings. The van der Waals surface area contributed by atoms with Crippen molar-refractivity contribution in [3.05, 3.63) is 77.7 Å². The van der Waals surface area contributed by atoms with Crippen molar-refractivity contribution in [2.75, 3.05) is 0 Å². The Labute approximate surface area is 227 Å². The lowest BCUT2D eigenvalue weighted by Crippen LogP contribution is -2.35. The van der Waals surface area contributed by atoms with Crippen LogP contribution < -0.4 is 0 Å². The summed E-state index contributed by atoms with van der Waals surface area (Å²) < 4.78 is 0. The SMILES string of the molecule is C=C1/C(=C\C=C2/CCC[C@]3(C)[C@@H]([C@H](C)/C=C/[C@H](O)C4(C(=O)c5ccccn5)CC4)CC[C@@H]23)C[C@@H](O)C[C@@H]1O. The molecule has 5 rings (SSSR count). The highest BCUT2D eigenvalue weighted by atomic mass is 16.3. The predicted octanol–water partition coefficient (Wildman–Crippen LogP) is 5.74. The monoisotopic (exact) mass is 517 g/mol. The molecule has 0 amide bonds. The Morgan fingerprint density at radius 1 is 1.16 bits per heavy atom. The van der Waals surface area contributed by atoms with Crippen molar-refractivity contribution in [2.45, 2.75) is 89.9 Å². The summed E-state index contributed by atoms with van der Waals surface area (Å²) in [4.78, 5) is 17.3. The van der Waals surface area contributed by atoms with Gasteiger partial charge >= 0.3 is 0 Å². The van der Waals surface area contributed by atoms with E-state index < -0.39 is 23.7 Å². The van der Waals surface area contributed by atoms with Crippen LogP contribution in [0.4, 0.5) is 0 Å². The summed E-state index contributed by atoms with van der Waals surface area (Å²) in [5, 5.41) is 31.4. The minimum absolute atomic E-state index is 0.0485. The summed E-state index contributed by atoms with van der Waals surface area (Å²) in [6.07, 6.45) is 16.1. The number of aliphatic hydroxyl groups is 3. The molecule has 0 spiro atoms. The van der Waals surface area contributed by atoms with Crippen molar-refractivity contribution < 1.29 is 20.1 Å². The quantitative estimate of drug-likeness (QED) is 0.317. The maximum atomic E-state index is 13.1. The second kappa shape index (κ2) is 10.7. The van der Waals surface area contributed by atoms with Crippen molar-refractivity contribution in [3.63, 3.8) is 0 Å². The second-order valence-corrected chi connectivity index (χ2v) is 12.6. The van der Waals surface area contributed by atoms with Crippen LogP contribution in [0.15, 0.2) is 72.0 Å². The number of pyridine rings is 1.